The SMILES string of the molecule is Cc1cc(Oc2nccnc2N)ccc1[N+](=O)[O-]. The number of nitrogen functional groups attached to an aromatic ring is 1. The summed E-state index contributed by atoms with van der Waals surface area (Å²) in [5.74, 6) is 0.754. The number of nitro benzene ring substituents is 1. The molecule has 0 saturated carbocycles. The molecule has 0 aliphatic carbocycles. The van der Waals surface area contributed by atoms with E-state index in [1.165, 1.54) is 24.5 Å². The average Bonchev–Trinajstić information content (AvgIpc) is 2.32. The van der Waals surface area contributed by atoms with Crippen molar-refractivity contribution in [1.29, 1.82) is 0 Å². The van der Waals surface area contributed by atoms with Crippen molar-refractivity contribution in [2.75, 3.05) is 5.73 Å². The topological polar surface area (TPSA) is 104 Å². The van der Waals surface area contributed by atoms with E-state index in [-0.39, 0.29) is 17.4 Å². The lowest BCUT2D eigenvalue weighted by Crippen LogP contribution is -1.98. The van der Waals surface area contributed by atoms with E-state index in [1.807, 2.05) is 0 Å². The Morgan fingerprint density at radius 1 is 1.33 bits per heavy atom. The normalized spacial score (nSPS) is 10.1. The number of hydrogen-bond donors (Lipinski definition) is 1. The van der Waals surface area contributed by atoms with Crippen molar-refractivity contribution in [3.05, 3.63) is 46.3 Å². The first-order chi connectivity index (χ1) is 8.58. The summed E-state index contributed by atoms with van der Waals surface area (Å²) in [4.78, 5) is 18.0. The van der Waals surface area contributed by atoms with E-state index in [9.17, 15) is 10.1 Å². The van der Waals surface area contributed by atoms with E-state index in [0.717, 1.165) is 0 Å². The number of nitrogens with two attached hydrogens (primary N) is 1. The predicted octanol–water partition coefficient (Wildman–Crippen LogP) is 2.07. The van der Waals surface area contributed by atoms with Crippen LogP contribution in [-0.2, 0) is 0 Å². The minimum Gasteiger partial charge on any atom is -0.436 e. The van der Waals surface area contributed by atoms with Crippen molar-refractivity contribution in [2.24, 2.45) is 0 Å². The molecule has 0 atom stereocenters. The summed E-state index contributed by atoms with van der Waals surface area (Å²) in [6.07, 6.45) is 2.90. The fraction of sp³-hybridized carbons (Fsp3) is 0.0909. The van der Waals surface area contributed by atoms with Gasteiger partial charge in [-0.25, -0.2) is 9.97 Å². The summed E-state index contributed by atoms with van der Waals surface area (Å²) in [5, 5.41) is 10.7. The molecule has 0 saturated heterocycles. The minimum absolute atomic E-state index is 0.0365. The fourth-order valence-electron chi connectivity index (χ4n) is 1.42. The molecular weight excluding hydrogens is 236 g/mol. The monoisotopic (exact) mass is 246 g/mol. The lowest BCUT2D eigenvalue weighted by molar-refractivity contribution is -0.385. The smallest absolute Gasteiger partial charge is 0.272 e. The van der Waals surface area contributed by atoms with Gasteiger partial charge < -0.3 is 10.5 Å². The van der Waals surface area contributed by atoms with E-state index in [1.54, 1.807) is 13.0 Å². The second-order valence-corrected chi connectivity index (χ2v) is 3.55. The molecular formula is C11H10N4O3. The molecule has 0 amide bonds. The number of nitro groups is 1. The number of rotatable bonds is 3. The van der Waals surface area contributed by atoms with Gasteiger partial charge in [0.05, 0.1) is 4.92 Å². The Bertz CT molecular complexity index is 601. The molecule has 1 heterocycles. The van der Waals surface area contributed by atoms with E-state index in [0.29, 0.717) is 11.3 Å². The molecule has 0 fully saturated rings. The maximum atomic E-state index is 10.7. The minimum atomic E-state index is -0.449. The number of nitrogens with zero attached hydrogens (tertiary/aromatic N) is 3. The highest BCUT2D eigenvalue weighted by Crippen LogP contribution is 2.27. The van der Waals surface area contributed by atoms with Gasteiger partial charge in [0.15, 0.2) is 5.82 Å². The van der Waals surface area contributed by atoms with Crippen LogP contribution in [-0.4, -0.2) is 14.9 Å². The maximum absolute atomic E-state index is 10.7. The first-order valence-electron chi connectivity index (χ1n) is 5.07. The Hall–Kier alpha value is -2.70. The molecule has 7 heteroatoms. The van der Waals surface area contributed by atoms with Gasteiger partial charge in [0.25, 0.3) is 11.6 Å². The second-order valence-electron chi connectivity index (χ2n) is 3.55. The van der Waals surface area contributed by atoms with Gasteiger partial charge in [-0.15, -0.1) is 0 Å². The number of anilines is 1. The van der Waals surface area contributed by atoms with Crippen LogP contribution in [0.2, 0.25) is 0 Å². The summed E-state index contributed by atoms with van der Waals surface area (Å²) in [6.45, 7) is 1.63. The molecule has 0 unspecified atom stereocenters. The first-order valence-corrected chi connectivity index (χ1v) is 5.07. The summed E-state index contributed by atoms with van der Waals surface area (Å²) in [6, 6.07) is 4.41. The van der Waals surface area contributed by atoms with Crippen LogP contribution in [0.4, 0.5) is 11.5 Å². The van der Waals surface area contributed by atoms with Gasteiger partial charge in [0, 0.05) is 24.0 Å². The largest absolute Gasteiger partial charge is 0.436 e. The van der Waals surface area contributed by atoms with Crippen LogP contribution in [0.5, 0.6) is 11.6 Å². The Kier molecular flexibility index (Phi) is 3.05. The molecule has 0 radical (unpaired) electrons. The summed E-state index contributed by atoms with van der Waals surface area (Å²) >= 11 is 0. The number of hydrogen-bond acceptors (Lipinski definition) is 6. The van der Waals surface area contributed by atoms with Gasteiger partial charge >= 0.3 is 0 Å². The fourth-order valence-corrected chi connectivity index (χ4v) is 1.42. The zero-order valence-electron chi connectivity index (χ0n) is 9.53. The van der Waals surface area contributed by atoms with Crippen LogP contribution in [0.15, 0.2) is 30.6 Å². The number of ether oxygens (including phenoxy) is 1. The van der Waals surface area contributed by atoms with E-state index < -0.39 is 4.92 Å². The molecule has 0 aliphatic heterocycles. The molecule has 0 bridgehead atoms. The van der Waals surface area contributed by atoms with Crippen molar-refractivity contribution in [3.63, 3.8) is 0 Å². The number of benzene rings is 1. The maximum Gasteiger partial charge on any atom is 0.272 e. The quantitative estimate of drug-likeness (QED) is 0.656. The third kappa shape index (κ3) is 2.34. The molecule has 7 nitrogen and oxygen atoms in total. The molecule has 92 valence electrons. The standard InChI is InChI=1S/C11H10N4O3/c1-7-6-8(2-3-9(7)15(16)17)18-11-10(12)13-4-5-14-11/h2-6H,1H3,(H2,12,13). The molecule has 0 aliphatic rings. The van der Waals surface area contributed by atoms with Gasteiger partial charge in [0.2, 0.25) is 0 Å². The molecule has 18 heavy (non-hydrogen) atoms. The Morgan fingerprint density at radius 3 is 2.67 bits per heavy atom. The van der Waals surface area contributed by atoms with Crippen molar-refractivity contribution in [3.8, 4) is 11.6 Å². The zero-order valence-corrected chi connectivity index (χ0v) is 9.53. The van der Waals surface area contributed by atoms with E-state index in [4.69, 9.17) is 10.5 Å². The van der Waals surface area contributed by atoms with E-state index >= 15 is 0 Å². The molecule has 2 aromatic rings. The van der Waals surface area contributed by atoms with Gasteiger partial charge in [-0.1, -0.05) is 0 Å². The summed E-state index contributed by atoms with van der Waals surface area (Å²) in [7, 11) is 0. The average molecular weight is 246 g/mol. The second kappa shape index (κ2) is 4.66. The van der Waals surface area contributed by atoms with Crippen LogP contribution in [0.25, 0.3) is 0 Å². The van der Waals surface area contributed by atoms with Crippen molar-refractivity contribution in [1.82, 2.24) is 9.97 Å². The molecule has 0 spiro atoms. The highest BCUT2D eigenvalue weighted by molar-refractivity contribution is 5.47. The van der Waals surface area contributed by atoms with Crippen LogP contribution in [0.1, 0.15) is 5.56 Å². The Labute approximate surface area is 102 Å². The van der Waals surface area contributed by atoms with Crippen LogP contribution >= 0.6 is 0 Å². The third-order valence-corrected chi connectivity index (χ3v) is 2.27. The van der Waals surface area contributed by atoms with Crippen molar-refractivity contribution >= 4 is 11.5 Å². The zero-order chi connectivity index (χ0) is 13.1. The van der Waals surface area contributed by atoms with Crippen molar-refractivity contribution in [2.45, 2.75) is 6.92 Å². The van der Waals surface area contributed by atoms with Gasteiger partial charge in [-0.05, 0) is 19.1 Å². The Morgan fingerprint density at radius 2 is 2.06 bits per heavy atom. The lowest BCUT2D eigenvalue weighted by atomic mass is 10.2. The molecule has 1 aromatic carbocycles. The van der Waals surface area contributed by atoms with E-state index in [2.05, 4.69) is 9.97 Å². The first kappa shape index (κ1) is 11.8. The Balaban J connectivity index is 2.29. The highest BCUT2D eigenvalue weighted by atomic mass is 16.6. The molecule has 1 aromatic heterocycles. The van der Waals surface area contributed by atoms with Gasteiger partial charge in [-0.2, -0.15) is 0 Å². The van der Waals surface area contributed by atoms with Crippen LogP contribution < -0.4 is 10.5 Å². The summed E-state index contributed by atoms with van der Waals surface area (Å²) in [5.41, 5.74) is 6.11. The summed E-state index contributed by atoms with van der Waals surface area (Å²) < 4.78 is 5.40. The molecule has 2 rings (SSSR count). The van der Waals surface area contributed by atoms with Gasteiger partial charge in [-0.3, -0.25) is 10.1 Å². The van der Waals surface area contributed by atoms with Crippen molar-refractivity contribution < 1.29 is 9.66 Å². The number of aryl methyl sites for hydroxylation is 1. The van der Waals surface area contributed by atoms with Crippen LogP contribution in [0.3, 0.4) is 0 Å². The van der Waals surface area contributed by atoms with Crippen LogP contribution in [0, 0.1) is 17.0 Å². The van der Waals surface area contributed by atoms with Gasteiger partial charge in [0.1, 0.15) is 5.75 Å². The lowest BCUT2D eigenvalue weighted by Gasteiger charge is -2.06. The number of aromatic nitrogens is 2. The predicted molar refractivity (Wildman–Crippen MR) is 64.4 cm³/mol. The molecule has 2 N–H and O–H groups in total. The highest BCUT2D eigenvalue weighted by Gasteiger charge is 2.12. The third-order valence-electron chi connectivity index (χ3n) is 2.27.